The molecule has 1 aliphatic heterocycles. The molecule has 0 spiro atoms. The summed E-state index contributed by atoms with van der Waals surface area (Å²) in [5, 5.41) is 3.44. The lowest BCUT2D eigenvalue weighted by Crippen LogP contribution is -2.35. The van der Waals surface area contributed by atoms with E-state index in [-0.39, 0.29) is 11.4 Å². The van der Waals surface area contributed by atoms with Gasteiger partial charge in [0.2, 0.25) is 0 Å². The Bertz CT molecular complexity index is 403. The van der Waals surface area contributed by atoms with Crippen LogP contribution in [0.25, 0.3) is 0 Å². The lowest BCUT2D eigenvalue weighted by Gasteiger charge is -2.25. The van der Waals surface area contributed by atoms with Crippen LogP contribution in [0.2, 0.25) is 0 Å². The molecule has 1 N–H and O–H groups in total. The summed E-state index contributed by atoms with van der Waals surface area (Å²) < 4.78 is 13.4. The Hall–Kier alpha value is -1.09. The smallest absolute Gasteiger partial charge is 0.123 e. The second kappa shape index (κ2) is 5.27. The molecule has 0 bridgehead atoms. The van der Waals surface area contributed by atoms with E-state index in [0.29, 0.717) is 6.54 Å². The van der Waals surface area contributed by atoms with Crippen molar-refractivity contribution in [1.29, 1.82) is 0 Å². The molecule has 1 aromatic carbocycles. The number of hydrogen-bond donors (Lipinski definition) is 1. The fourth-order valence-corrected chi connectivity index (χ4v) is 2.32. The zero-order valence-corrected chi connectivity index (χ0v) is 11.6. The summed E-state index contributed by atoms with van der Waals surface area (Å²) in [5.74, 6) is -0.149. The second-order valence-electron chi connectivity index (χ2n) is 6.07. The highest BCUT2D eigenvalue weighted by Crippen LogP contribution is 2.25. The summed E-state index contributed by atoms with van der Waals surface area (Å²) in [7, 11) is 0. The first-order valence-corrected chi connectivity index (χ1v) is 6.74. The van der Waals surface area contributed by atoms with Gasteiger partial charge < -0.3 is 10.2 Å². The minimum absolute atomic E-state index is 0.0502. The Morgan fingerprint density at radius 3 is 2.50 bits per heavy atom. The topological polar surface area (TPSA) is 15.3 Å². The molecule has 18 heavy (non-hydrogen) atoms. The van der Waals surface area contributed by atoms with Gasteiger partial charge in [-0.3, -0.25) is 0 Å². The lowest BCUT2D eigenvalue weighted by molar-refractivity contribution is 0.423. The van der Waals surface area contributed by atoms with Gasteiger partial charge in [-0.15, -0.1) is 0 Å². The Morgan fingerprint density at radius 2 is 1.89 bits per heavy atom. The van der Waals surface area contributed by atoms with E-state index in [1.165, 1.54) is 18.5 Å². The third kappa shape index (κ3) is 3.45. The van der Waals surface area contributed by atoms with Crippen molar-refractivity contribution in [2.75, 3.05) is 18.0 Å². The quantitative estimate of drug-likeness (QED) is 0.885. The number of rotatable bonds is 3. The molecule has 1 saturated heterocycles. The molecule has 1 heterocycles. The number of benzene rings is 1. The average molecular weight is 250 g/mol. The molecule has 0 saturated carbocycles. The van der Waals surface area contributed by atoms with Gasteiger partial charge in [0.1, 0.15) is 5.82 Å². The first-order chi connectivity index (χ1) is 8.46. The van der Waals surface area contributed by atoms with Crippen LogP contribution in [0.1, 0.15) is 39.2 Å². The zero-order valence-electron chi connectivity index (χ0n) is 11.6. The van der Waals surface area contributed by atoms with E-state index < -0.39 is 0 Å². The van der Waals surface area contributed by atoms with Gasteiger partial charge in [0, 0.05) is 30.9 Å². The summed E-state index contributed by atoms with van der Waals surface area (Å²) in [4.78, 5) is 2.36. The molecule has 0 radical (unpaired) electrons. The highest BCUT2D eigenvalue weighted by atomic mass is 19.1. The van der Waals surface area contributed by atoms with E-state index in [2.05, 4.69) is 31.0 Å². The molecule has 0 amide bonds. The number of halogens is 1. The van der Waals surface area contributed by atoms with Crippen molar-refractivity contribution in [3.05, 3.63) is 29.6 Å². The van der Waals surface area contributed by atoms with Crippen LogP contribution >= 0.6 is 0 Å². The van der Waals surface area contributed by atoms with E-state index >= 15 is 0 Å². The van der Waals surface area contributed by atoms with Crippen molar-refractivity contribution < 1.29 is 4.39 Å². The largest absolute Gasteiger partial charge is 0.371 e. The molecule has 1 aromatic rings. The SMILES string of the molecule is CC(C)(C)NCc1cc(F)ccc1N1CCCC1. The van der Waals surface area contributed by atoms with Gasteiger partial charge in [-0.1, -0.05) is 0 Å². The van der Waals surface area contributed by atoms with Crippen LogP contribution < -0.4 is 10.2 Å². The number of nitrogens with one attached hydrogen (secondary N) is 1. The Balaban J connectivity index is 2.17. The summed E-state index contributed by atoms with van der Waals surface area (Å²) in [6.07, 6.45) is 2.48. The normalized spacial score (nSPS) is 16.3. The van der Waals surface area contributed by atoms with Gasteiger partial charge in [-0.2, -0.15) is 0 Å². The highest BCUT2D eigenvalue weighted by Gasteiger charge is 2.17. The van der Waals surface area contributed by atoms with Crippen LogP contribution in [0, 0.1) is 5.82 Å². The third-order valence-corrected chi connectivity index (χ3v) is 3.30. The molecule has 1 fully saturated rings. The zero-order chi connectivity index (χ0) is 13.2. The summed E-state index contributed by atoms with van der Waals surface area (Å²) >= 11 is 0. The molecule has 0 atom stereocenters. The first-order valence-electron chi connectivity index (χ1n) is 6.74. The average Bonchev–Trinajstić information content (AvgIpc) is 2.79. The van der Waals surface area contributed by atoms with Gasteiger partial charge in [0.05, 0.1) is 0 Å². The van der Waals surface area contributed by atoms with Crippen molar-refractivity contribution in [3.63, 3.8) is 0 Å². The minimum atomic E-state index is -0.149. The molecule has 0 aliphatic carbocycles. The van der Waals surface area contributed by atoms with Crippen molar-refractivity contribution in [1.82, 2.24) is 5.32 Å². The van der Waals surface area contributed by atoms with Crippen molar-refractivity contribution in [3.8, 4) is 0 Å². The number of hydrogen-bond acceptors (Lipinski definition) is 2. The molecule has 2 nitrogen and oxygen atoms in total. The molecular formula is C15H23FN2. The maximum Gasteiger partial charge on any atom is 0.123 e. The van der Waals surface area contributed by atoms with Crippen LogP contribution in [0.4, 0.5) is 10.1 Å². The molecule has 100 valence electrons. The van der Waals surface area contributed by atoms with Crippen LogP contribution in [-0.4, -0.2) is 18.6 Å². The van der Waals surface area contributed by atoms with Gasteiger partial charge in [0.15, 0.2) is 0 Å². The molecule has 0 aromatic heterocycles. The third-order valence-electron chi connectivity index (χ3n) is 3.30. The van der Waals surface area contributed by atoms with Crippen LogP contribution in [0.15, 0.2) is 18.2 Å². The molecule has 0 unspecified atom stereocenters. The molecule has 1 aliphatic rings. The van der Waals surface area contributed by atoms with E-state index in [9.17, 15) is 4.39 Å². The minimum Gasteiger partial charge on any atom is -0.371 e. The fourth-order valence-electron chi connectivity index (χ4n) is 2.32. The summed E-state index contributed by atoms with van der Waals surface area (Å²) in [5.41, 5.74) is 2.30. The van der Waals surface area contributed by atoms with E-state index in [0.717, 1.165) is 18.7 Å². The van der Waals surface area contributed by atoms with Crippen LogP contribution in [0.3, 0.4) is 0 Å². The van der Waals surface area contributed by atoms with Gasteiger partial charge >= 0.3 is 0 Å². The molecule has 3 heteroatoms. The standard InChI is InChI=1S/C15H23FN2/c1-15(2,3)17-11-12-10-13(16)6-7-14(12)18-8-4-5-9-18/h6-7,10,17H,4-5,8-9,11H2,1-3H3. The molecular weight excluding hydrogens is 227 g/mol. The predicted molar refractivity (Wildman–Crippen MR) is 74.4 cm³/mol. The van der Waals surface area contributed by atoms with Gasteiger partial charge in [-0.25, -0.2) is 4.39 Å². The Labute approximate surface area is 109 Å². The lowest BCUT2D eigenvalue weighted by atomic mass is 10.1. The first kappa shape index (κ1) is 13.3. The maximum atomic E-state index is 13.4. The molecule has 2 rings (SSSR count). The van der Waals surface area contributed by atoms with Gasteiger partial charge in [-0.05, 0) is 57.4 Å². The summed E-state index contributed by atoms with van der Waals surface area (Å²) in [6.45, 7) is 9.28. The fraction of sp³-hybridized carbons (Fsp3) is 0.600. The summed E-state index contributed by atoms with van der Waals surface area (Å²) in [6, 6.07) is 5.14. The van der Waals surface area contributed by atoms with Crippen molar-refractivity contribution in [2.45, 2.75) is 45.7 Å². The van der Waals surface area contributed by atoms with E-state index in [1.54, 1.807) is 12.1 Å². The highest BCUT2D eigenvalue weighted by molar-refractivity contribution is 5.54. The second-order valence-corrected chi connectivity index (χ2v) is 6.07. The van der Waals surface area contributed by atoms with Gasteiger partial charge in [0.25, 0.3) is 0 Å². The van der Waals surface area contributed by atoms with E-state index in [4.69, 9.17) is 0 Å². The van der Waals surface area contributed by atoms with Crippen molar-refractivity contribution in [2.24, 2.45) is 0 Å². The Kier molecular flexibility index (Phi) is 3.91. The monoisotopic (exact) mass is 250 g/mol. The Morgan fingerprint density at radius 1 is 1.22 bits per heavy atom. The predicted octanol–water partition coefficient (Wildman–Crippen LogP) is 3.31. The number of nitrogens with zero attached hydrogens (tertiary/aromatic N) is 1. The van der Waals surface area contributed by atoms with Crippen LogP contribution in [-0.2, 0) is 6.54 Å². The van der Waals surface area contributed by atoms with Crippen molar-refractivity contribution >= 4 is 5.69 Å². The number of anilines is 1. The van der Waals surface area contributed by atoms with Crippen LogP contribution in [0.5, 0.6) is 0 Å². The van der Waals surface area contributed by atoms with E-state index in [1.807, 2.05) is 6.07 Å². The maximum absolute atomic E-state index is 13.4.